The summed E-state index contributed by atoms with van der Waals surface area (Å²) >= 11 is 5.97. The van der Waals surface area contributed by atoms with Crippen molar-refractivity contribution in [1.82, 2.24) is 4.98 Å². The minimum Gasteiger partial charge on any atom is -0.264 e. The van der Waals surface area contributed by atoms with Crippen LogP contribution in [0.1, 0.15) is 29.5 Å². The molecule has 1 heterocycles. The molecule has 2 rings (SSSR count). The lowest BCUT2D eigenvalue weighted by Gasteiger charge is -2.13. The number of benzene rings is 1. The maximum absolute atomic E-state index is 9.06. The highest BCUT2D eigenvalue weighted by molar-refractivity contribution is 6.30. The maximum atomic E-state index is 9.06. The summed E-state index contributed by atoms with van der Waals surface area (Å²) in [4.78, 5) is 4.08. The molecule has 1 atom stereocenters. The highest BCUT2D eigenvalue weighted by atomic mass is 35.5. The molecule has 0 radical (unpaired) electrons. The SMILES string of the molecule is C[C@@H](c1cccc(Cl)c1)c1cnccc1C#N. The van der Waals surface area contributed by atoms with E-state index in [1.54, 1.807) is 18.5 Å². The van der Waals surface area contributed by atoms with Gasteiger partial charge in [0.05, 0.1) is 11.6 Å². The molecule has 0 aliphatic carbocycles. The zero-order valence-corrected chi connectivity index (χ0v) is 10.1. The summed E-state index contributed by atoms with van der Waals surface area (Å²) in [6.45, 7) is 2.05. The van der Waals surface area contributed by atoms with Gasteiger partial charge in [-0.3, -0.25) is 4.98 Å². The van der Waals surface area contributed by atoms with Gasteiger partial charge in [-0.05, 0) is 29.3 Å². The number of rotatable bonds is 2. The van der Waals surface area contributed by atoms with Gasteiger partial charge in [0.1, 0.15) is 0 Å². The van der Waals surface area contributed by atoms with Crippen molar-refractivity contribution in [3.63, 3.8) is 0 Å². The molecule has 2 aromatic rings. The number of nitrogens with zero attached hydrogens (tertiary/aromatic N) is 2. The first kappa shape index (κ1) is 11.6. The molecule has 0 saturated carbocycles. The van der Waals surface area contributed by atoms with E-state index in [1.165, 1.54) is 0 Å². The van der Waals surface area contributed by atoms with Gasteiger partial charge in [-0.1, -0.05) is 30.7 Å². The van der Waals surface area contributed by atoms with Gasteiger partial charge in [-0.15, -0.1) is 0 Å². The predicted octanol–water partition coefficient (Wildman–Crippen LogP) is 3.76. The molecule has 0 unspecified atom stereocenters. The number of halogens is 1. The van der Waals surface area contributed by atoms with Gasteiger partial charge in [0, 0.05) is 23.3 Å². The van der Waals surface area contributed by atoms with Crippen LogP contribution >= 0.6 is 11.6 Å². The molecule has 0 N–H and O–H groups in total. The van der Waals surface area contributed by atoms with Crippen LogP contribution in [0.15, 0.2) is 42.7 Å². The first-order valence-electron chi connectivity index (χ1n) is 5.32. The lowest BCUT2D eigenvalue weighted by atomic mass is 9.91. The summed E-state index contributed by atoms with van der Waals surface area (Å²) in [5, 5.41) is 9.77. The van der Waals surface area contributed by atoms with E-state index < -0.39 is 0 Å². The Morgan fingerprint density at radius 1 is 1.35 bits per heavy atom. The Morgan fingerprint density at radius 3 is 2.88 bits per heavy atom. The molecular formula is C14H11ClN2. The van der Waals surface area contributed by atoms with Gasteiger partial charge in [-0.2, -0.15) is 5.26 Å². The van der Waals surface area contributed by atoms with E-state index in [1.807, 2.05) is 31.2 Å². The molecule has 0 saturated heterocycles. The molecular weight excluding hydrogens is 232 g/mol. The molecule has 1 aromatic carbocycles. The third-order valence-corrected chi connectivity index (χ3v) is 3.02. The molecule has 17 heavy (non-hydrogen) atoms. The van der Waals surface area contributed by atoms with Crippen LogP contribution in [-0.4, -0.2) is 4.98 Å². The van der Waals surface area contributed by atoms with E-state index in [-0.39, 0.29) is 5.92 Å². The molecule has 2 nitrogen and oxygen atoms in total. The summed E-state index contributed by atoms with van der Waals surface area (Å²) < 4.78 is 0. The molecule has 0 bridgehead atoms. The summed E-state index contributed by atoms with van der Waals surface area (Å²) in [6.07, 6.45) is 3.37. The van der Waals surface area contributed by atoms with E-state index in [9.17, 15) is 0 Å². The van der Waals surface area contributed by atoms with Crippen LogP contribution in [0, 0.1) is 11.3 Å². The van der Waals surface area contributed by atoms with Gasteiger partial charge in [0.25, 0.3) is 0 Å². The monoisotopic (exact) mass is 242 g/mol. The van der Waals surface area contributed by atoms with E-state index in [4.69, 9.17) is 16.9 Å². The van der Waals surface area contributed by atoms with Crippen molar-refractivity contribution in [3.8, 4) is 6.07 Å². The first-order chi connectivity index (χ1) is 8.22. The number of hydrogen-bond acceptors (Lipinski definition) is 2. The Balaban J connectivity index is 2.44. The Morgan fingerprint density at radius 2 is 2.18 bits per heavy atom. The highest BCUT2D eigenvalue weighted by Gasteiger charge is 2.12. The van der Waals surface area contributed by atoms with E-state index >= 15 is 0 Å². The van der Waals surface area contributed by atoms with Crippen LogP contribution in [0.3, 0.4) is 0 Å². The second kappa shape index (κ2) is 4.99. The average Bonchev–Trinajstić information content (AvgIpc) is 2.38. The normalized spacial score (nSPS) is 11.8. The van der Waals surface area contributed by atoms with Crippen molar-refractivity contribution in [3.05, 3.63) is 64.4 Å². The van der Waals surface area contributed by atoms with E-state index in [0.29, 0.717) is 10.6 Å². The van der Waals surface area contributed by atoms with Gasteiger partial charge < -0.3 is 0 Å². The minimum atomic E-state index is 0.108. The van der Waals surface area contributed by atoms with Crippen molar-refractivity contribution in [2.45, 2.75) is 12.8 Å². The molecule has 0 aliphatic rings. The first-order valence-corrected chi connectivity index (χ1v) is 5.69. The molecule has 0 spiro atoms. The predicted molar refractivity (Wildman–Crippen MR) is 67.9 cm³/mol. The van der Waals surface area contributed by atoms with Gasteiger partial charge in [-0.25, -0.2) is 0 Å². The second-order valence-corrected chi connectivity index (χ2v) is 4.29. The van der Waals surface area contributed by atoms with E-state index in [2.05, 4.69) is 11.1 Å². The van der Waals surface area contributed by atoms with Crippen molar-refractivity contribution in [2.24, 2.45) is 0 Å². The van der Waals surface area contributed by atoms with Crippen LogP contribution in [0.25, 0.3) is 0 Å². The quantitative estimate of drug-likeness (QED) is 0.804. The van der Waals surface area contributed by atoms with Crippen LogP contribution in [0.4, 0.5) is 0 Å². The van der Waals surface area contributed by atoms with Gasteiger partial charge >= 0.3 is 0 Å². The zero-order chi connectivity index (χ0) is 12.3. The molecule has 0 aliphatic heterocycles. The minimum absolute atomic E-state index is 0.108. The smallest absolute Gasteiger partial charge is 0.0995 e. The van der Waals surface area contributed by atoms with Crippen LogP contribution in [0.5, 0.6) is 0 Å². The Kier molecular flexibility index (Phi) is 3.41. The Bertz CT molecular complexity index is 572. The Labute approximate surface area is 105 Å². The lowest BCUT2D eigenvalue weighted by molar-refractivity contribution is 0.906. The fraction of sp³-hybridized carbons (Fsp3) is 0.143. The summed E-state index contributed by atoms with van der Waals surface area (Å²) in [7, 11) is 0. The van der Waals surface area contributed by atoms with Crippen LogP contribution < -0.4 is 0 Å². The molecule has 0 amide bonds. The summed E-state index contributed by atoms with van der Waals surface area (Å²) in [5.41, 5.74) is 2.67. The Hall–Kier alpha value is -1.85. The van der Waals surface area contributed by atoms with Gasteiger partial charge in [0.2, 0.25) is 0 Å². The maximum Gasteiger partial charge on any atom is 0.0995 e. The second-order valence-electron chi connectivity index (χ2n) is 3.85. The molecule has 0 fully saturated rings. The fourth-order valence-electron chi connectivity index (χ4n) is 1.81. The van der Waals surface area contributed by atoms with Crippen molar-refractivity contribution >= 4 is 11.6 Å². The zero-order valence-electron chi connectivity index (χ0n) is 9.39. The van der Waals surface area contributed by atoms with Crippen LogP contribution in [0.2, 0.25) is 5.02 Å². The third kappa shape index (κ3) is 2.46. The number of nitriles is 1. The molecule has 84 valence electrons. The fourth-order valence-corrected chi connectivity index (χ4v) is 2.01. The van der Waals surface area contributed by atoms with Crippen molar-refractivity contribution in [1.29, 1.82) is 5.26 Å². The van der Waals surface area contributed by atoms with Crippen molar-refractivity contribution < 1.29 is 0 Å². The molecule has 1 aromatic heterocycles. The standard InChI is InChI=1S/C14H11ClN2/c1-10(11-3-2-4-13(15)7-11)14-9-17-6-5-12(14)8-16/h2-7,9-10H,1H3/t10-/m0/s1. The molecule has 3 heteroatoms. The third-order valence-electron chi connectivity index (χ3n) is 2.79. The van der Waals surface area contributed by atoms with E-state index in [0.717, 1.165) is 11.1 Å². The lowest BCUT2D eigenvalue weighted by Crippen LogP contribution is -1.99. The topological polar surface area (TPSA) is 36.7 Å². The number of aromatic nitrogens is 1. The number of pyridine rings is 1. The summed E-state index contributed by atoms with van der Waals surface area (Å²) in [5.74, 6) is 0.108. The number of hydrogen-bond donors (Lipinski definition) is 0. The average molecular weight is 243 g/mol. The van der Waals surface area contributed by atoms with Crippen LogP contribution in [-0.2, 0) is 0 Å². The van der Waals surface area contributed by atoms with Crippen molar-refractivity contribution in [2.75, 3.05) is 0 Å². The van der Waals surface area contributed by atoms with Gasteiger partial charge in [0.15, 0.2) is 0 Å². The largest absolute Gasteiger partial charge is 0.264 e. The highest BCUT2D eigenvalue weighted by Crippen LogP contribution is 2.27. The summed E-state index contributed by atoms with van der Waals surface area (Å²) in [6, 6.07) is 11.6.